The van der Waals surface area contributed by atoms with E-state index in [1.807, 2.05) is 0 Å². The molecule has 12 heteroatoms. The number of fused-ring (bicyclic) bond motifs is 1. The minimum atomic E-state index is -4.67. The minimum Gasteiger partial charge on any atom is -0.494 e. The van der Waals surface area contributed by atoms with Crippen LogP contribution < -0.4 is 20.7 Å². The average molecular weight is 490 g/mol. The van der Waals surface area contributed by atoms with Crippen LogP contribution in [-0.2, 0) is 17.5 Å². The highest BCUT2D eigenvalue weighted by atomic mass is 19.4. The number of nitrogens with zero attached hydrogens (tertiary/aromatic N) is 3. The normalized spacial score (nSPS) is 13.6. The Morgan fingerprint density at radius 2 is 2.00 bits per heavy atom. The molecule has 1 aliphatic rings. The average Bonchev–Trinajstić information content (AvgIpc) is 3.56. The summed E-state index contributed by atoms with van der Waals surface area (Å²) in [6, 6.07) is 6.24. The van der Waals surface area contributed by atoms with E-state index >= 15 is 0 Å². The van der Waals surface area contributed by atoms with E-state index in [0.29, 0.717) is 24.0 Å². The van der Waals surface area contributed by atoms with Gasteiger partial charge >= 0.3 is 6.18 Å². The van der Waals surface area contributed by atoms with Gasteiger partial charge in [0.15, 0.2) is 0 Å². The number of pyridine rings is 1. The van der Waals surface area contributed by atoms with Crippen molar-refractivity contribution in [3.8, 4) is 5.75 Å². The number of carbonyl (C=O) groups excluding carboxylic acids is 2. The van der Waals surface area contributed by atoms with E-state index in [-0.39, 0.29) is 29.6 Å². The molecule has 1 aromatic carbocycles. The molecule has 0 spiro atoms. The van der Waals surface area contributed by atoms with E-state index in [4.69, 9.17) is 4.74 Å². The number of nitrogens with one attached hydrogen (secondary N) is 3. The second kappa shape index (κ2) is 10.3. The molecule has 0 unspecified atom stereocenters. The summed E-state index contributed by atoms with van der Waals surface area (Å²) in [5.74, 6) is 0.0161. The van der Waals surface area contributed by atoms with Crippen LogP contribution in [0.25, 0.3) is 10.9 Å². The molecule has 0 radical (unpaired) electrons. The first-order chi connectivity index (χ1) is 16.7. The molecule has 186 valence electrons. The number of hydrogen-bond donors (Lipinski definition) is 3. The van der Waals surface area contributed by atoms with Crippen LogP contribution in [0.3, 0.4) is 0 Å². The van der Waals surface area contributed by atoms with Gasteiger partial charge in [-0.1, -0.05) is 6.07 Å². The second-order valence-corrected chi connectivity index (χ2v) is 8.30. The summed E-state index contributed by atoms with van der Waals surface area (Å²) < 4.78 is 45.5. The Morgan fingerprint density at radius 1 is 1.20 bits per heavy atom. The van der Waals surface area contributed by atoms with Gasteiger partial charge in [0.2, 0.25) is 5.91 Å². The van der Waals surface area contributed by atoms with E-state index in [9.17, 15) is 22.8 Å². The smallest absolute Gasteiger partial charge is 0.433 e. The predicted molar refractivity (Wildman–Crippen MR) is 122 cm³/mol. The van der Waals surface area contributed by atoms with Crippen molar-refractivity contribution < 1.29 is 27.5 Å². The molecule has 1 aliphatic carbocycles. The fraction of sp³-hybridized carbons (Fsp3) is 0.391. The number of halogens is 3. The van der Waals surface area contributed by atoms with Crippen molar-refractivity contribution in [2.45, 2.75) is 25.6 Å². The largest absolute Gasteiger partial charge is 0.494 e. The maximum atomic E-state index is 12.9. The highest BCUT2D eigenvalue weighted by molar-refractivity contribution is 6.05. The van der Waals surface area contributed by atoms with Crippen molar-refractivity contribution in [2.75, 3.05) is 32.1 Å². The summed E-state index contributed by atoms with van der Waals surface area (Å²) in [7, 11) is 1.39. The lowest BCUT2D eigenvalue weighted by molar-refractivity contribution is -0.141. The summed E-state index contributed by atoms with van der Waals surface area (Å²) in [4.78, 5) is 28.2. The molecular formula is C23H25F3N6O3. The van der Waals surface area contributed by atoms with Gasteiger partial charge in [-0.25, -0.2) is 4.98 Å². The van der Waals surface area contributed by atoms with Gasteiger partial charge in [0.25, 0.3) is 5.91 Å². The van der Waals surface area contributed by atoms with E-state index in [1.165, 1.54) is 30.7 Å². The Labute approximate surface area is 199 Å². The fourth-order valence-corrected chi connectivity index (χ4v) is 3.48. The third-order valence-corrected chi connectivity index (χ3v) is 5.45. The van der Waals surface area contributed by atoms with Crippen LogP contribution >= 0.6 is 0 Å². The molecule has 0 aliphatic heterocycles. The summed E-state index contributed by atoms with van der Waals surface area (Å²) in [6.45, 7) is 2.20. The molecule has 4 rings (SSSR count). The van der Waals surface area contributed by atoms with Crippen molar-refractivity contribution >= 4 is 28.4 Å². The SMILES string of the molecule is COc1cc2nn(CC(=O)NCCNCC3CC3)cc2cc1NC(=O)c1cccc(C(F)(F)F)n1. The van der Waals surface area contributed by atoms with Crippen LogP contribution in [0.5, 0.6) is 5.75 Å². The van der Waals surface area contributed by atoms with Crippen molar-refractivity contribution in [3.05, 3.63) is 47.9 Å². The molecule has 0 saturated heterocycles. The number of carbonyl (C=O) groups is 2. The first-order valence-electron chi connectivity index (χ1n) is 11.1. The second-order valence-electron chi connectivity index (χ2n) is 8.30. The molecule has 1 saturated carbocycles. The van der Waals surface area contributed by atoms with E-state index in [0.717, 1.165) is 24.6 Å². The molecule has 9 nitrogen and oxygen atoms in total. The lowest BCUT2D eigenvalue weighted by atomic mass is 10.2. The fourth-order valence-electron chi connectivity index (χ4n) is 3.48. The molecule has 35 heavy (non-hydrogen) atoms. The zero-order valence-electron chi connectivity index (χ0n) is 19.0. The highest BCUT2D eigenvalue weighted by Gasteiger charge is 2.33. The molecule has 3 aromatic rings. The Hall–Kier alpha value is -3.67. The molecule has 0 atom stereocenters. The first-order valence-corrected chi connectivity index (χ1v) is 11.1. The minimum absolute atomic E-state index is 0.00939. The van der Waals surface area contributed by atoms with E-state index < -0.39 is 17.8 Å². The first kappa shape index (κ1) is 24.5. The van der Waals surface area contributed by atoms with Gasteiger partial charge in [-0.05, 0) is 43.5 Å². The van der Waals surface area contributed by atoms with Crippen LogP contribution in [0.4, 0.5) is 18.9 Å². The number of methoxy groups -OCH3 is 1. The van der Waals surface area contributed by atoms with Gasteiger partial charge in [0.1, 0.15) is 23.7 Å². The molecule has 1 fully saturated rings. The topological polar surface area (TPSA) is 110 Å². The third-order valence-electron chi connectivity index (χ3n) is 5.45. The molecule has 3 N–H and O–H groups in total. The van der Waals surface area contributed by atoms with Gasteiger partial charge in [-0.15, -0.1) is 0 Å². The Morgan fingerprint density at radius 3 is 2.71 bits per heavy atom. The third kappa shape index (κ3) is 6.47. The standard InChI is InChI=1S/C23H25F3N6O3/c1-35-19-10-17-15(12-32(31-17)13-21(33)28-8-7-27-11-14-5-6-14)9-18(19)30-22(34)16-3-2-4-20(29-16)23(24,25)26/h2-4,9-10,12,14,27H,5-8,11,13H2,1H3,(H,28,33)(H,30,34). The number of ether oxygens (including phenoxy) is 1. The van der Waals surface area contributed by atoms with E-state index in [1.54, 1.807) is 18.3 Å². The van der Waals surface area contributed by atoms with Gasteiger partial charge in [0, 0.05) is 30.7 Å². The monoisotopic (exact) mass is 490 g/mol. The Bertz CT molecular complexity index is 1220. The predicted octanol–water partition coefficient (Wildman–Crippen LogP) is 2.83. The summed E-state index contributed by atoms with van der Waals surface area (Å²) in [5.41, 5.74) is -0.794. The Kier molecular flexibility index (Phi) is 7.20. The van der Waals surface area contributed by atoms with Crippen LogP contribution in [0, 0.1) is 5.92 Å². The Balaban J connectivity index is 1.41. The summed E-state index contributed by atoms with van der Waals surface area (Å²) in [6.07, 6.45) is -0.492. The lowest BCUT2D eigenvalue weighted by Crippen LogP contribution is -2.34. The maximum Gasteiger partial charge on any atom is 0.433 e. The highest BCUT2D eigenvalue weighted by Crippen LogP contribution is 2.31. The van der Waals surface area contributed by atoms with Gasteiger partial charge in [-0.3, -0.25) is 14.3 Å². The van der Waals surface area contributed by atoms with Crippen LogP contribution in [0.1, 0.15) is 29.0 Å². The van der Waals surface area contributed by atoms with Crippen molar-refractivity contribution in [1.29, 1.82) is 0 Å². The molecule has 2 aromatic heterocycles. The zero-order chi connectivity index (χ0) is 25.0. The summed E-state index contributed by atoms with van der Waals surface area (Å²) in [5, 5.41) is 13.6. The molecule has 2 amide bonds. The van der Waals surface area contributed by atoms with Gasteiger partial charge < -0.3 is 20.7 Å². The van der Waals surface area contributed by atoms with Crippen LogP contribution in [-0.4, -0.2) is 53.3 Å². The van der Waals surface area contributed by atoms with Crippen LogP contribution in [0.15, 0.2) is 36.5 Å². The van der Waals surface area contributed by atoms with Crippen molar-refractivity contribution in [2.24, 2.45) is 5.92 Å². The summed E-state index contributed by atoms with van der Waals surface area (Å²) >= 11 is 0. The number of amides is 2. The van der Waals surface area contributed by atoms with Crippen LogP contribution in [0.2, 0.25) is 0 Å². The molecule has 0 bridgehead atoms. The zero-order valence-corrected chi connectivity index (χ0v) is 19.0. The van der Waals surface area contributed by atoms with Crippen molar-refractivity contribution in [3.63, 3.8) is 0 Å². The number of rotatable bonds is 10. The number of aromatic nitrogens is 3. The van der Waals surface area contributed by atoms with Gasteiger partial charge in [0.05, 0.1) is 18.3 Å². The lowest BCUT2D eigenvalue weighted by Gasteiger charge is -2.11. The van der Waals surface area contributed by atoms with Gasteiger partial charge in [-0.2, -0.15) is 18.3 Å². The number of hydrogen-bond acceptors (Lipinski definition) is 6. The number of anilines is 1. The maximum absolute atomic E-state index is 12.9. The van der Waals surface area contributed by atoms with Crippen molar-refractivity contribution in [1.82, 2.24) is 25.4 Å². The molecule has 2 heterocycles. The number of benzene rings is 1. The number of alkyl halides is 3. The molecular weight excluding hydrogens is 465 g/mol. The van der Waals surface area contributed by atoms with E-state index in [2.05, 4.69) is 26.0 Å². The quantitative estimate of drug-likeness (QED) is 0.377.